The van der Waals surface area contributed by atoms with E-state index < -0.39 is 15.7 Å². The summed E-state index contributed by atoms with van der Waals surface area (Å²) in [5.41, 5.74) is 0.926. The van der Waals surface area contributed by atoms with Gasteiger partial charge in [-0.1, -0.05) is 0 Å². The number of nitrogens with zero attached hydrogens (tertiary/aromatic N) is 3. The minimum atomic E-state index is -1.21. The number of non-ortho nitro benzene ring substituents is 1. The summed E-state index contributed by atoms with van der Waals surface area (Å²) in [6, 6.07) is 4.55. The number of hydrogen-bond acceptors (Lipinski definition) is 6. The summed E-state index contributed by atoms with van der Waals surface area (Å²) in [4.78, 5) is 18.7. The lowest BCUT2D eigenvalue weighted by molar-refractivity contribution is -0.384. The molecule has 3 rings (SSSR count). The smallest absolute Gasteiger partial charge is 0.271 e. The first kappa shape index (κ1) is 14.0. The van der Waals surface area contributed by atoms with Crippen LogP contribution < -0.4 is 5.32 Å². The highest BCUT2D eigenvalue weighted by atomic mass is 32.2. The maximum atomic E-state index is 12.3. The molecule has 1 aliphatic heterocycles. The Labute approximate surface area is 123 Å². The largest absolute Gasteiger partial charge is 0.313 e. The lowest BCUT2D eigenvalue weighted by atomic mass is 10.2. The Hall–Kier alpha value is -1.93. The normalized spacial score (nSPS) is 19.7. The monoisotopic (exact) mass is 306 g/mol. The molecule has 0 radical (unpaired) electrons. The molecule has 21 heavy (non-hydrogen) atoms. The molecule has 0 bridgehead atoms. The number of rotatable bonds is 4. The molecule has 7 nitrogen and oxygen atoms in total. The zero-order chi connectivity index (χ0) is 14.8. The van der Waals surface area contributed by atoms with Gasteiger partial charge in [0.25, 0.3) is 5.69 Å². The average molecular weight is 306 g/mol. The highest BCUT2D eigenvalue weighted by Crippen LogP contribution is 2.19. The summed E-state index contributed by atoms with van der Waals surface area (Å²) in [5, 5.41) is 14.4. The van der Waals surface area contributed by atoms with Gasteiger partial charge in [-0.15, -0.1) is 0 Å². The van der Waals surface area contributed by atoms with Crippen LogP contribution in [0.25, 0.3) is 11.0 Å². The number of hydrogen-bond donors (Lipinski definition) is 1. The lowest BCUT2D eigenvalue weighted by Crippen LogP contribution is -2.27. The van der Waals surface area contributed by atoms with Crippen molar-refractivity contribution in [1.29, 1.82) is 0 Å². The third-order valence-corrected chi connectivity index (χ3v) is 4.83. The van der Waals surface area contributed by atoms with Gasteiger partial charge < -0.3 is 5.32 Å². The van der Waals surface area contributed by atoms with Crippen LogP contribution in [-0.2, 0) is 10.8 Å². The van der Waals surface area contributed by atoms with E-state index in [1.807, 2.05) is 0 Å². The molecule has 0 aliphatic carbocycles. The molecule has 0 spiro atoms. The van der Waals surface area contributed by atoms with Gasteiger partial charge >= 0.3 is 0 Å². The van der Waals surface area contributed by atoms with E-state index in [1.54, 1.807) is 0 Å². The zero-order valence-electron chi connectivity index (χ0n) is 11.2. The summed E-state index contributed by atoms with van der Waals surface area (Å²) in [5.74, 6) is 0.521. The van der Waals surface area contributed by atoms with Crippen molar-refractivity contribution in [3.05, 3.63) is 34.5 Å². The van der Waals surface area contributed by atoms with Crippen molar-refractivity contribution in [1.82, 2.24) is 15.3 Å². The first-order valence-electron chi connectivity index (χ1n) is 6.66. The molecule has 2 atom stereocenters. The van der Waals surface area contributed by atoms with Crippen LogP contribution in [0.3, 0.4) is 0 Å². The molecule has 1 fully saturated rings. The van der Waals surface area contributed by atoms with E-state index in [0.717, 1.165) is 19.4 Å². The van der Waals surface area contributed by atoms with Crippen LogP contribution in [0.15, 0.2) is 29.4 Å². The molecule has 0 amide bonds. The Bertz CT molecular complexity index is 716. The van der Waals surface area contributed by atoms with Crippen LogP contribution in [0, 0.1) is 10.1 Å². The Morgan fingerprint density at radius 3 is 3.00 bits per heavy atom. The fourth-order valence-electron chi connectivity index (χ4n) is 2.37. The van der Waals surface area contributed by atoms with Crippen molar-refractivity contribution in [3.8, 4) is 0 Å². The Balaban J connectivity index is 1.84. The number of fused-ring (bicyclic) bond motifs is 1. The van der Waals surface area contributed by atoms with E-state index in [9.17, 15) is 14.3 Å². The van der Waals surface area contributed by atoms with Crippen molar-refractivity contribution in [2.45, 2.75) is 23.9 Å². The Kier molecular flexibility index (Phi) is 3.89. The zero-order valence-corrected chi connectivity index (χ0v) is 12.0. The topological polar surface area (TPSA) is 98.0 Å². The number of aromatic nitrogens is 2. The van der Waals surface area contributed by atoms with Crippen molar-refractivity contribution in [2.24, 2.45) is 0 Å². The van der Waals surface area contributed by atoms with Crippen LogP contribution in [0.5, 0.6) is 0 Å². The summed E-state index contributed by atoms with van der Waals surface area (Å²) < 4.78 is 12.3. The molecule has 1 N–H and O–H groups in total. The van der Waals surface area contributed by atoms with Crippen LogP contribution >= 0.6 is 0 Å². The number of benzene rings is 1. The first-order chi connectivity index (χ1) is 10.1. The van der Waals surface area contributed by atoms with E-state index in [0.29, 0.717) is 21.8 Å². The second kappa shape index (κ2) is 5.82. The molecule has 2 heterocycles. The van der Waals surface area contributed by atoms with Gasteiger partial charge in [-0.3, -0.25) is 19.3 Å². The van der Waals surface area contributed by atoms with Crippen molar-refractivity contribution >= 4 is 27.5 Å². The third kappa shape index (κ3) is 3.06. The fraction of sp³-hybridized carbons (Fsp3) is 0.385. The van der Waals surface area contributed by atoms with Crippen LogP contribution in [0.4, 0.5) is 5.69 Å². The SMILES string of the molecule is O=[N+]([O-])c1ccc2nc([S@@](=O)C[C@@H]3CCCN3)cnc2c1. The molecular formula is C13H14N4O3S. The second-order valence-electron chi connectivity index (χ2n) is 4.94. The molecule has 1 aromatic carbocycles. The Morgan fingerprint density at radius 1 is 1.43 bits per heavy atom. The molecule has 1 aliphatic rings. The number of nitrogens with one attached hydrogen (secondary N) is 1. The Morgan fingerprint density at radius 2 is 2.29 bits per heavy atom. The van der Waals surface area contributed by atoms with Crippen molar-refractivity contribution < 1.29 is 9.13 Å². The first-order valence-corrected chi connectivity index (χ1v) is 7.98. The van der Waals surface area contributed by atoms with Gasteiger partial charge in [0.1, 0.15) is 5.03 Å². The molecule has 1 saturated heterocycles. The van der Waals surface area contributed by atoms with E-state index in [-0.39, 0.29) is 11.7 Å². The van der Waals surface area contributed by atoms with Gasteiger partial charge in [-0.25, -0.2) is 4.98 Å². The molecule has 0 saturated carbocycles. The van der Waals surface area contributed by atoms with Crippen LogP contribution in [0.1, 0.15) is 12.8 Å². The highest BCUT2D eigenvalue weighted by Gasteiger charge is 2.19. The minimum absolute atomic E-state index is 0.0270. The summed E-state index contributed by atoms with van der Waals surface area (Å²) in [7, 11) is -1.21. The highest BCUT2D eigenvalue weighted by molar-refractivity contribution is 7.85. The average Bonchev–Trinajstić information content (AvgIpc) is 2.99. The van der Waals surface area contributed by atoms with Crippen LogP contribution in [0.2, 0.25) is 0 Å². The quantitative estimate of drug-likeness (QED) is 0.677. The van der Waals surface area contributed by atoms with Gasteiger partial charge in [-0.05, 0) is 25.5 Å². The summed E-state index contributed by atoms with van der Waals surface area (Å²) in [6.07, 6.45) is 3.57. The maximum Gasteiger partial charge on any atom is 0.271 e. The van der Waals surface area contributed by atoms with E-state index >= 15 is 0 Å². The van der Waals surface area contributed by atoms with E-state index in [4.69, 9.17) is 0 Å². The van der Waals surface area contributed by atoms with E-state index in [1.165, 1.54) is 24.4 Å². The summed E-state index contributed by atoms with van der Waals surface area (Å²) in [6.45, 7) is 0.967. The van der Waals surface area contributed by atoms with E-state index in [2.05, 4.69) is 15.3 Å². The standard InChI is InChI=1S/C13H14N4O3S/c18-17(19)10-3-4-11-12(6-10)15-7-13(16-11)21(20)8-9-2-1-5-14-9/h3-4,6-7,9,14H,1-2,5,8H2/t9-,21-/m0/s1. The van der Waals surface area contributed by atoms with Crippen molar-refractivity contribution in [3.63, 3.8) is 0 Å². The summed E-state index contributed by atoms with van der Waals surface area (Å²) >= 11 is 0. The molecule has 8 heteroatoms. The minimum Gasteiger partial charge on any atom is -0.313 e. The van der Waals surface area contributed by atoms with Gasteiger partial charge in [0.05, 0.1) is 33.0 Å². The molecule has 110 valence electrons. The molecular weight excluding hydrogens is 292 g/mol. The fourth-order valence-corrected chi connectivity index (χ4v) is 3.56. The maximum absolute atomic E-state index is 12.3. The van der Waals surface area contributed by atoms with Crippen LogP contribution in [-0.4, -0.2) is 37.4 Å². The van der Waals surface area contributed by atoms with Gasteiger partial charge in [0.15, 0.2) is 0 Å². The number of nitro groups is 1. The van der Waals surface area contributed by atoms with Gasteiger partial charge in [0, 0.05) is 23.9 Å². The second-order valence-corrected chi connectivity index (χ2v) is 6.39. The third-order valence-electron chi connectivity index (χ3n) is 3.46. The predicted octanol–water partition coefficient (Wildman–Crippen LogP) is 1.40. The molecule has 1 aromatic heterocycles. The van der Waals surface area contributed by atoms with Gasteiger partial charge in [-0.2, -0.15) is 0 Å². The molecule has 2 aromatic rings. The van der Waals surface area contributed by atoms with Crippen molar-refractivity contribution in [2.75, 3.05) is 12.3 Å². The predicted molar refractivity (Wildman–Crippen MR) is 78.5 cm³/mol. The lowest BCUT2D eigenvalue weighted by Gasteiger charge is -2.09. The molecule has 0 unspecified atom stereocenters. The number of nitro benzene ring substituents is 1. The van der Waals surface area contributed by atoms with Gasteiger partial charge in [0.2, 0.25) is 0 Å².